The van der Waals surface area contributed by atoms with Gasteiger partial charge in [0.15, 0.2) is 0 Å². The molecule has 0 bridgehead atoms. The fraction of sp³-hybridized carbons (Fsp3) is 0.500. The third kappa shape index (κ3) is 5.72. The summed E-state index contributed by atoms with van der Waals surface area (Å²) in [7, 11) is 0. The normalized spacial score (nSPS) is 12.9. The number of aliphatic hydroxyl groups is 1. The monoisotopic (exact) mass is 266 g/mol. The number of carbonyl (C=O) groups is 1. The van der Waals surface area contributed by atoms with Crippen LogP contribution in [0.1, 0.15) is 38.9 Å². The van der Waals surface area contributed by atoms with Crippen LogP contribution in [-0.2, 0) is 4.74 Å². The van der Waals surface area contributed by atoms with Crippen LogP contribution in [0, 0.1) is 0 Å². The van der Waals surface area contributed by atoms with E-state index in [4.69, 9.17) is 10.5 Å². The molecule has 1 rings (SSSR count). The molecule has 0 aliphatic carbocycles. The van der Waals surface area contributed by atoms with E-state index in [1.54, 1.807) is 45.0 Å². The Bertz CT molecular complexity index is 410. The van der Waals surface area contributed by atoms with E-state index >= 15 is 0 Å². The van der Waals surface area contributed by atoms with Crippen molar-refractivity contribution in [2.75, 3.05) is 11.9 Å². The second-order valence-electron chi connectivity index (χ2n) is 5.34. The quantitative estimate of drug-likeness (QED) is 0.781. The summed E-state index contributed by atoms with van der Waals surface area (Å²) in [4.78, 5) is 11.6. The number of anilines is 1. The zero-order valence-corrected chi connectivity index (χ0v) is 11.6. The molecule has 19 heavy (non-hydrogen) atoms. The highest BCUT2D eigenvalue weighted by Crippen LogP contribution is 2.19. The number of nitrogens with one attached hydrogen (secondary N) is 1. The van der Waals surface area contributed by atoms with Crippen LogP contribution in [0.3, 0.4) is 0 Å². The van der Waals surface area contributed by atoms with E-state index in [0.717, 1.165) is 5.56 Å². The van der Waals surface area contributed by atoms with Gasteiger partial charge in [0.2, 0.25) is 0 Å². The van der Waals surface area contributed by atoms with Gasteiger partial charge >= 0.3 is 6.09 Å². The fourth-order valence-corrected chi connectivity index (χ4v) is 1.53. The molecule has 1 aromatic rings. The first-order valence-corrected chi connectivity index (χ1v) is 6.30. The molecule has 1 unspecified atom stereocenters. The van der Waals surface area contributed by atoms with E-state index in [9.17, 15) is 9.90 Å². The lowest BCUT2D eigenvalue weighted by atomic mass is 10.1. The number of amides is 1. The van der Waals surface area contributed by atoms with Crippen molar-refractivity contribution in [1.29, 1.82) is 0 Å². The molecular weight excluding hydrogens is 244 g/mol. The molecular formula is C14H22N2O3. The van der Waals surface area contributed by atoms with Crippen molar-refractivity contribution in [3.8, 4) is 0 Å². The standard InChI is InChI=1S/C14H22N2O3/c1-14(2,3)19-13(18)16-11-6-4-10(5-7-11)12(17)8-9-15/h4-7,12,17H,8-9,15H2,1-3H3,(H,16,18). The molecule has 1 atom stereocenters. The Morgan fingerprint density at radius 3 is 2.42 bits per heavy atom. The Morgan fingerprint density at radius 1 is 1.37 bits per heavy atom. The number of hydrogen-bond donors (Lipinski definition) is 3. The van der Waals surface area contributed by atoms with Gasteiger partial charge in [-0.2, -0.15) is 0 Å². The summed E-state index contributed by atoms with van der Waals surface area (Å²) in [5, 5.41) is 12.4. The number of aliphatic hydroxyl groups excluding tert-OH is 1. The Labute approximate surface area is 113 Å². The zero-order chi connectivity index (χ0) is 14.5. The van der Waals surface area contributed by atoms with Crippen molar-refractivity contribution in [2.24, 2.45) is 5.73 Å². The summed E-state index contributed by atoms with van der Waals surface area (Å²) in [6.07, 6.45) is -0.554. The highest BCUT2D eigenvalue weighted by atomic mass is 16.6. The van der Waals surface area contributed by atoms with Crippen LogP contribution < -0.4 is 11.1 Å². The Hall–Kier alpha value is -1.59. The molecule has 0 heterocycles. The van der Waals surface area contributed by atoms with Gasteiger partial charge in [-0.1, -0.05) is 12.1 Å². The molecule has 0 spiro atoms. The average molecular weight is 266 g/mol. The summed E-state index contributed by atoms with van der Waals surface area (Å²) < 4.78 is 5.14. The third-order valence-corrected chi connectivity index (χ3v) is 2.38. The van der Waals surface area contributed by atoms with E-state index in [1.807, 2.05) is 0 Å². The molecule has 0 radical (unpaired) electrons. The largest absolute Gasteiger partial charge is 0.444 e. The van der Waals surface area contributed by atoms with Gasteiger partial charge in [0, 0.05) is 5.69 Å². The van der Waals surface area contributed by atoms with E-state index < -0.39 is 17.8 Å². The predicted molar refractivity (Wildman–Crippen MR) is 74.9 cm³/mol. The van der Waals surface area contributed by atoms with Crippen molar-refractivity contribution in [1.82, 2.24) is 0 Å². The van der Waals surface area contributed by atoms with Crippen molar-refractivity contribution in [2.45, 2.75) is 38.9 Å². The minimum absolute atomic E-state index is 0.430. The molecule has 5 heteroatoms. The molecule has 5 nitrogen and oxygen atoms in total. The van der Waals surface area contributed by atoms with Crippen LogP contribution in [-0.4, -0.2) is 23.3 Å². The molecule has 0 fully saturated rings. The van der Waals surface area contributed by atoms with Crippen molar-refractivity contribution >= 4 is 11.8 Å². The summed E-state index contributed by atoms with van der Waals surface area (Å²) in [6.45, 7) is 5.84. The second-order valence-corrected chi connectivity index (χ2v) is 5.34. The Morgan fingerprint density at radius 2 is 1.95 bits per heavy atom. The highest BCUT2D eigenvalue weighted by Gasteiger charge is 2.16. The molecule has 0 saturated carbocycles. The molecule has 4 N–H and O–H groups in total. The molecule has 1 amide bonds. The van der Waals surface area contributed by atoms with Crippen LogP contribution in [0.15, 0.2) is 24.3 Å². The molecule has 1 aromatic carbocycles. The SMILES string of the molecule is CC(C)(C)OC(=O)Nc1ccc(C(O)CCN)cc1. The molecule has 0 aromatic heterocycles. The van der Waals surface area contributed by atoms with Gasteiger partial charge in [0.1, 0.15) is 5.60 Å². The van der Waals surface area contributed by atoms with Gasteiger partial charge in [-0.15, -0.1) is 0 Å². The predicted octanol–water partition coefficient (Wildman–Crippen LogP) is 2.42. The molecule has 0 saturated heterocycles. The van der Waals surface area contributed by atoms with Crippen molar-refractivity contribution in [3.05, 3.63) is 29.8 Å². The second kappa shape index (κ2) is 6.54. The van der Waals surface area contributed by atoms with Gasteiger partial charge in [-0.3, -0.25) is 5.32 Å². The summed E-state index contributed by atoms with van der Waals surface area (Å²) in [6, 6.07) is 6.96. The molecule has 106 valence electrons. The number of ether oxygens (including phenoxy) is 1. The smallest absolute Gasteiger partial charge is 0.412 e. The number of rotatable bonds is 4. The lowest BCUT2D eigenvalue weighted by molar-refractivity contribution is 0.0636. The summed E-state index contributed by atoms with van der Waals surface area (Å²) in [5.74, 6) is 0. The van der Waals surface area contributed by atoms with Crippen molar-refractivity contribution in [3.63, 3.8) is 0 Å². The van der Waals surface area contributed by atoms with Crippen LogP contribution in [0.4, 0.5) is 10.5 Å². The highest BCUT2D eigenvalue weighted by molar-refractivity contribution is 5.84. The first-order chi connectivity index (χ1) is 8.81. The minimum atomic E-state index is -0.569. The topological polar surface area (TPSA) is 84.6 Å². The Kier molecular flexibility index (Phi) is 5.32. The maximum absolute atomic E-state index is 11.6. The maximum Gasteiger partial charge on any atom is 0.412 e. The first kappa shape index (κ1) is 15.5. The van der Waals surface area contributed by atoms with Gasteiger partial charge < -0.3 is 15.6 Å². The molecule has 0 aliphatic heterocycles. The first-order valence-electron chi connectivity index (χ1n) is 6.30. The van der Waals surface area contributed by atoms with E-state index in [0.29, 0.717) is 18.7 Å². The zero-order valence-electron chi connectivity index (χ0n) is 11.6. The maximum atomic E-state index is 11.6. The summed E-state index contributed by atoms with van der Waals surface area (Å²) >= 11 is 0. The van der Waals surface area contributed by atoms with Gasteiger partial charge in [0.05, 0.1) is 6.10 Å². The van der Waals surface area contributed by atoms with Crippen LogP contribution >= 0.6 is 0 Å². The average Bonchev–Trinajstić information content (AvgIpc) is 2.27. The third-order valence-electron chi connectivity index (χ3n) is 2.38. The minimum Gasteiger partial charge on any atom is -0.444 e. The van der Waals surface area contributed by atoms with Crippen LogP contribution in [0.25, 0.3) is 0 Å². The van der Waals surface area contributed by atoms with E-state index in [2.05, 4.69) is 5.32 Å². The van der Waals surface area contributed by atoms with Gasteiger partial charge in [-0.05, 0) is 51.4 Å². The van der Waals surface area contributed by atoms with E-state index in [-0.39, 0.29) is 0 Å². The molecule has 0 aliphatic rings. The van der Waals surface area contributed by atoms with Gasteiger partial charge in [-0.25, -0.2) is 4.79 Å². The fourth-order valence-electron chi connectivity index (χ4n) is 1.53. The number of carbonyl (C=O) groups excluding carboxylic acids is 1. The number of hydrogen-bond acceptors (Lipinski definition) is 4. The van der Waals surface area contributed by atoms with Crippen molar-refractivity contribution < 1.29 is 14.6 Å². The Balaban J connectivity index is 2.59. The van der Waals surface area contributed by atoms with Crippen LogP contribution in [0.5, 0.6) is 0 Å². The lowest BCUT2D eigenvalue weighted by Gasteiger charge is -2.19. The van der Waals surface area contributed by atoms with E-state index in [1.165, 1.54) is 0 Å². The number of nitrogens with two attached hydrogens (primary N) is 1. The van der Waals surface area contributed by atoms with Crippen LogP contribution in [0.2, 0.25) is 0 Å². The number of benzene rings is 1. The summed E-state index contributed by atoms with van der Waals surface area (Å²) in [5.41, 5.74) is 6.26. The van der Waals surface area contributed by atoms with Gasteiger partial charge in [0.25, 0.3) is 0 Å². The lowest BCUT2D eigenvalue weighted by Crippen LogP contribution is -2.27.